The number of ether oxygens (including phenoxy) is 1. The normalized spacial score (nSPS) is 26.3. The fourth-order valence-electron chi connectivity index (χ4n) is 6.25. The van der Waals surface area contributed by atoms with Crippen molar-refractivity contribution in [2.45, 2.75) is 141 Å². The largest absolute Gasteiger partial charge is 0.462 e. The topological polar surface area (TPSA) is 55.8 Å². The lowest BCUT2D eigenvalue weighted by molar-refractivity contribution is -0.151. The third-order valence-corrected chi connectivity index (χ3v) is 18.7. The van der Waals surface area contributed by atoms with Crippen LogP contribution in [-0.2, 0) is 20.4 Å². The number of esters is 1. The van der Waals surface area contributed by atoms with Crippen LogP contribution in [0.3, 0.4) is 0 Å². The lowest BCUT2D eigenvalue weighted by Gasteiger charge is -2.41. The summed E-state index contributed by atoms with van der Waals surface area (Å²) in [6.07, 6.45) is 13.0. The number of allylic oxidation sites excluding steroid dienone is 2. The van der Waals surface area contributed by atoms with Gasteiger partial charge in [0.25, 0.3) is 0 Å². The van der Waals surface area contributed by atoms with Crippen LogP contribution in [0.5, 0.6) is 0 Å². The van der Waals surface area contributed by atoms with Crippen LogP contribution in [0.15, 0.2) is 42.5 Å². The van der Waals surface area contributed by atoms with Crippen molar-refractivity contribution in [2.75, 3.05) is 0 Å². The summed E-state index contributed by atoms with van der Waals surface area (Å²) >= 11 is 0. The minimum Gasteiger partial charge on any atom is -0.462 e. The van der Waals surface area contributed by atoms with Crippen LogP contribution in [0.4, 0.5) is 0 Å². The molecule has 0 radical (unpaired) electrons. The van der Waals surface area contributed by atoms with Gasteiger partial charge in [-0.3, -0.25) is 4.79 Å². The van der Waals surface area contributed by atoms with E-state index in [0.717, 1.165) is 51.4 Å². The highest BCUT2D eigenvalue weighted by Gasteiger charge is 2.49. The van der Waals surface area contributed by atoms with Gasteiger partial charge in [-0.1, -0.05) is 83.5 Å². The maximum atomic E-state index is 12.6. The number of carbonyl (C=O) groups excluding carboxylic acids is 1. The van der Waals surface area contributed by atoms with E-state index in [1.54, 1.807) is 0 Å². The molecule has 1 aliphatic heterocycles. The van der Waals surface area contributed by atoms with E-state index in [2.05, 4.69) is 103 Å². The Morgan fingerprint density at radius 1 is 1.02 bits per heavy atom. The number of carbonyl (C=O) groups is 1. The molecule has 0 spiro atoms. The van der Waals surface area contributed by atoms with Crippen LogP contribution in [-0.4, -0.2) is 39.6 Å². The first-order valence-corrected chi connectivity index (χ1v) is 21.6. The molecule has 1 heterocycles. The number of aryl methyl sites for hydroxylation is 1. The maximum Gasteiger partial charge on any atom is 0.306 e. The van der Waals surface area contributed by atoms with E-state index in [0.29, 0.717) is 24.2 Å². The first-order valence-electron chi connectivity index (χ1n) is 15.8. The Balaban J connectivity index is 1.85. The monoisotopic (exact) mass is 586 g/mol. The van der Waals surface area contributed by atoms with Gasteiger partial charge in [0.05, 0.1) is 6.10 Å². The van der Waals surface area contributed by atoms with Gasteiger partial charge in [0.1, 0.15) is 6.10 Å². The van der Waals surface area contributed by atoms with Gasteiger partial charge in [-0.25, -0.2) is 0 Å². The van der Waals surface area contributed by atoms with Gasteiger partial charge in [-0.15, -0.1) is 0 Å². The highest BCUT2D eigenvalue weighted by atomic mass is 28.4. The van der Waals surface area contributed by atoms with E-state index in [1.807, 2.05) is 0 Å². The van der Waals surface area contributed by atoms with Crippen molar-refractivity contribution in [3.63, 3.8) is 0 Å². The van der Waals surface area contributed by atoms with E-state index in [4.69, 9.17) is 9.16 Å². The zero-order chi connectivity index (χ0) is 29.8. The molecule has 40 heavy (non-hydrogen) atoms. The Labute approximate surface area is 247 Å². The summed E-state index contributed by atoms with van der Waals surface area (Å²) in [7, 11) is -4.31. The number of benzene rings is 1. The molecular formula is C34H58O4Si2. The van der Waals surface area contributed by atoms with Crippen LogP contribution in [0, 0.1) is 17.8 Å². The van der Waals surface area contributed by atoms with Crippen LogP contribution in [0.25, 0.3) is 0 Å². The average molecular weight is 587 g/mol. The summed E-state index contributed by atoms with van der Waals surface area (Å²) in [6, 6.07) is 10.8. The molecule has 6 heteroatoms. The Morgan fingerprint density at radius 2 is 1.70 bits per heavy atom. The summed E-state index contributed by atoms with van der Waals surface area (Å²) in [4.78, 5) is 23.8. The molecule has 1 aliphatic carbocycles. The first kappa shape index (κ1) is 33.3. The number of fused-ring (bicyclic) bond motifs is 1. The maximum absolute atomic E-state index is 12.6. The van der Waals surface area contributed by atoms with Gasteiger partial charge in [-0.05, 0) is 92.2 Å². The predicted molar refractivity (Wildman–Crippen MR) is 172 cm³/mol. The van der Waals surface area contributed by atoms with E-state index < -0.39 is 16.6 Å². The summed E-state index contributed by atoms with van der Waals surface area (Å²) < 4.78 is 13.2. The Hall–Kier alpha value is -1.22. The molecule has 226 valence electrons. The second kappa shape index (κ2) is 13.4. The zero-order valence-electron chi connectivity index (χ0n) is 27.0. The standard InChI is InChI=1S/C34H58O4Si2/c1-33(2,3)40(8,9)38-31-24-30-28(18-14-11-15-19-32(35)37-30)29(31)23-22-27(25-34(4,5)39(6,7)36)21-20-26-16-12-10-13-17-26/h10-14,16-17,27-31,36H,15,18-25H2,1-9H3/b14-11-/t27-,28+,29+,30-,31+/m0/s1. The van der Waals surface area contributed by atoms with Crippen LogP contribution >= 0.6 is 0 Å². The average Bonchev–Trinajstić information content (AvgIpc) is 3.17. The third-order valence-electron chi connectivity index (χ3n) is 10.6. The molecule has 0 aromatic heterocycles. The summed E-state index contributed by atoms with van der Waals surface area (Å²) in [5, 5.41) is 0.0761. The Bertz CT molecular complexity index is 974. The van der Waals surface area contributed by atoms with Crippen molar-refractivity contribution >= 4 is 22.6 Å². The minimum atomic E-state index is -2.32. The number of rotatable bonds is 11. The molecule has 1 N–H and O–H groups in total. The summed E-state index contributed by atoms with van der Waals surface area (Å²) in [5.74, 6) is 1.14. The first-order chi connectivity index (χ1) is 18.5. The SMILES string of the molecule is CC(C)(C[C@@H](CCc1ccccc1)CC[C@@H]1[C@H]2C/C=C\CCC(=O)O[C@H]2C[C@H]1O[Si](C)(C)C(C)(C)C)[Si](C)(C)O. The van der Waals surface area contributed by atoms with Crippen molar-refractivity contribution in [2.24, 2.45) is 17.8 Å². The van der Waals surface area contributed by atoms with Crippen molar-refractivity contribution in [3.05, 3.63) is 48.0 Å². The van der Waals surface area contributed by atoms with Crippen LogP contribution in [0.1, 0.15) is 91.5 Å². The fourth-order valence-corrected chi connectivity index (χ4v) is 8.42. The van der Waals surface area contributed by atoms with Crippen molar-refractivity contribution in [1.29, 1.82) is 0 Å². The molecule has 2 aliphatic rings. The van der Waals surface area contributed by atoms with E-state index >= 15 is 0 Å². The van der Waals surface area contributed by atoms with Gasteiger partial charge in [0.2, 0.25) is 0 Å². The minimum absolute atomic E-state index is 0.0555. The number of hydrogen-bond acceptors (Lipinski definition) is 4. The lowest BCUT2D eigenvalue weighted by Crippen LogP contribution is -2.45. The highest BCUT2D eigenvalue weighted by Crippen LogP contribution is 2.48. The molecule has 1 aromatic carbocycles. The molecule has 1 saturated carbocycles. The van der Waals surface area contributed by atoms with Crippen molar-refractivity contribution in [3.8, 4) is 0 Å². The molecule has 0 unspecified atom stereocenters. The van der Waals surface area contributed by atoms with Gasteiger partial charge in [-0.2, -0.15) is 0 Å². The van der Waals surface area contributed by atoms with E-state index in [-0.39, 0.29) is 28.3 Å². The summed E-state index contributed by atoms with van der Waals surface area (Å²) in [6.45, 7) is 20.3. The molecule has 0 saturated heterocycles. The van der Waals surface area contributed by atoms with Crippen molar-refractivity contribution in [1.82, 2.24) is 0 Å². The second-order valence-electron chi connectivity index (χ2n) is 15.4. The zero-order valence-corrected chi connectivity index (χ0v) is 29.0. The predicted octanol–water partition coefficient (Wildman–Crippen LogP) is 9.06. The molecule has 0 bridgehead atoms. The Kier molecular flexibility index (Phi) is 11.1. The van der Waals surface area contributed by atoms with Gasteiger partial charge in [0.15, 0.2) is 16.6 Å². The van der Waals surface area contributed by atoms with Gasteiger partial charge in [0, 0.05) is 18.8 Å². The Morgan fingerprint density at radius 3 is 2.33 bits per heavy atom. The second-order valence-corrected chi connectivity index (χ2v) is 24.6. The molecule has 3 rings (SSSR count). The fraction of sp³-hybridized carbons (Fsp3) is 0.735. The lowest BCUT2D eigenvalue weighted by atomic mass is 9.81. The molecule has 1 aromatic rings. The third kappa shape index (κ3) is 8.89. The smallest absolute Gasteiger partial charge is 0.306 e. The van der Waals surface area contributed by atoms with Crippen molar-refractivity contribution < 1.29 is 18.8 Å². The van der Waals surface area contributed by atoms with E-state index in [1.165, 1.54) is 5.56 Å². The molecule has 0 amide bonds. The van der Waals surface area contributed by atoms with Crippen LogP contribution in [0.2, 0.25) is 36.3 Å². The van der Waals surface area contributed by atoms with Gasteiger partial charge >= 0.3 is 5.97 Å². The highest BCUT2D eigenvalue weighted by molar-refractivity contribution is 6.74. The van der Waals surface area contributed by atoms with E-state index in [9.17, 15) is 9.59 Å². The van der Waals surface area contributed by atoms with Crippen LogP contribution < -0.4 is 0 Å². The quantitative estimate of drug-likeness (QED) is 0.160. The molecule has 1 fully saturated rings. The molecular weight excluding hydrogens is 529 g/mol. The number of hydrogen-bond donors (Lipinski definition) is 1. The molecule has 5 atom stereocenters. The summed E-state index contributed by atoms with van der Waals surface area (Å²) in [5.41, 5.74) is 1.39. The molecule has 4 nitrogen and oxygen atoms in total. The van der Waals surface area contributed by atoms with Gasteiger partial charge < -0.3 is 14.0 Å².